The first kappa shape index (κ1) is 6.88. The highest BCUT2D eigenvalue weighted by molar-refractivity contribution is 5.91. The molecular weight excluding hydrogens is 148 g/mol. The molecule has 0 aliphatic heterocycles. The molecule has 1 nitrogen and oxygen atoms in total. The van der Waals surface area contributed by atoms with Gasteiger partial charge in [-0.15, -0.1) is 0 Å². The first-order chi connectivity index (χ1) is 5.84. The Morgan fingerprint density at radius 3 is 3.08 bits per heavy atom. The maximum absolute atomic E-state index is 11.2. The Morgan fingerprint density at radius 1 is 1.25 bits per heavy atom. The van der Waals surface area contributed by atoms with Gasteiger partial charge in [-0.2, -0.15) is 0 Å². The van der Waals surface area contributed by atoms with Gasteiger partial charge in [-0.25, -0.2) is 0 Å². The third kappa shape index (κ3) is 0.769. The number of rotatable bonds is 0. The lowest BCUT2D eigenvalue weighted by molar-refractivity contribution is -0.115. The predicted octanol–water partition coefficient (Wildman–Crippen LogP) is 2.32. The van der Waals surface area contributed by atoms with Crippen LogP contribution in [0, 0.1) is 17.8 Å². The van der Waals surface area contributed by atoms with Gasteiger partial charge >= 0.3 is 0 Å². The van der Waals surface area contributed by atoms with Crippen molar-refractivity contribution in [3.63, 3.8) is 0 Å². The van der Waals surface area contributed by atoms with Gasteiger partial charge in [-0.05, 0) is 49.5 Å². The summed E-state index contributed by atoms with van der Waals surface area (Å²) < 4.78 is 0. The van der Waals surface area contributed by atoms with Gasteiger partial charge in [-0.1, -0.05) is 5.57 Å². The monoisotopic (exact) mass is 162 g/mol. The molecule has 3 rings (SSSR count). The molecule has 12 heavy (non-hydrogen) atoms. The second kappa shape index (κ2) is 2.21. The van der Waals surface area contributed by atoms with Gasteiger partial charge in [0.15, 0.2) is 5.78 Å². The average molecular weight is 162 g/mol. The average Bonchev–Trinajstić information content (AvgIpc) is 2.63. The lowest BCUT2D eigenvalue weighted by atomic mass is 9.77. The largest absolute Gasteiger partial charge is 0.295 e. The first-order valence-corrected chi connectivity index (χ1v) is 5.09. The lowest BCUT2D eigenvalue weighted by Crippen LogP contribution is -2.19. The highest BCUT2D eigenvalue weighted by Gasteiger charge is 2.44. The van der Waals surface area contributed by atoms with E-state index in [0.29, 0.717) is 5.78 Å². The number of carbonyl (C=O) groups excluding carboxylic acids is 1. The van der Waals surface area contributed by atoms with Crippen LogP contribution >= 0.6 is 0 Å². The summed E-state index contributed by atoms with van der Waals surface area (Å²) >= 11 is 0. The SMILES string of the molecule is O=C1C=C2[C@@H]3CC[C@@H](C3)[C@H]2CC1. The number of ketones is 1. The molecule has 0 aromatic carbocycles. The molecule has 0 heterocycles. The van der Waals surface area contributed by atoms with Gasteiger partial charge < -0.3 is 0 Å². The predicted molar refractivity (Wildman–Crippen MR) is 46.6 cm³/mol. The summed E-state index contributed by atoms with van der Waals surface area (Å²) in [5.41, 5.74) is 1.53. The molecule has 2 fully saturated rings. The fourth-order valence-electron chi connectivity index (χ4n) is 3.44. The molecule has 0 spiro atoms. The van der Waals surface area contributed by atoms with Crippen molar-refractivity contribution >= 4 is 5.78 Å². The van der Waals surface area contributed by atoms with E-state index in [9.17, 15) is 4.79 Å². The van der Waals surface area contributed by atoms with Crippen LogP contribution in [0.2, 0.25) is 0 Å². The summed E-state index contributed by atoms with van der Waals surface area (Å²) in [5, 5.41) is 0. The van der Waals surface area contributed by atoms with Crippen LogP contribution in [0.3, 0.4) is 0 Å². The van der Waals surface area contributed by atoms with E-state index in [2.05, 4.69) is 0 Å². The van der Waals surface area contributed by atoms with E-state index in [4.69, 9.17) is 0 Å². The molecule has 64 valence electrons. The summed E-state index contributed by atoms with van der Waals surface area (Å²) in [7, 11) is 0. The van der Waals surface area contributed by atoms with Crippen LogP contribution in [0.4, 0.5) is 0 Å². The Labute approximate surface area is 72.8 Å². The summed E-state index contributed by atoms with van der Waals surface area (Å²) in [6.07, 6.45) is 8.13. The van der Waals surface area contributed by atoms with Crippen molar-refractivity contribution in [2.45, 2.75) is 32.1 Å². The summed E-state index contributed by atoms with van der Waals surface area (Å²) in [4.78, 5) is 11.2. The number of allylic oxidation sites excluding steroid dienone is 2. The summed E-state index contributed by atoms with van der Waals surface area (Å²) in [6, 6.07) is 0. The topological polar surface area (TPSA) is 17.1 Å². The zero-order chi connectivity index (χ0) is 8.13. The van der Waals surface area contributed by atoms with Crippen molar-refractivity contribution in [2.75, 3.05) is 0 Å². The minimum absolute atomic E-state index is 0.383. The summed E-state index contributed by atoms with van der Waals surface area (Å²) in [6.45, 7) is 0. The van der Waals surface area contributed by atoms with Gasteiger partial charge in [0.05, 0.1) is 0 Å². The molecule has 0 amide bonds. The Morgan fingerprint density at radius 2 is 2.17 bits per heavy atom. The van der Waals surface area contributed by atoms with Crippen LogP contribution in [0.25, 0.3) is 0 Å². The molecular formula is C11H14O. The Hall–Kier alpha value is -0.590. The molecule has 0 aromatic rings. The van der Waals surface area contributed by atoms with Crippen molar-refractivity contribution in [3.8, 4) is 0 Å². The molecule has 3 aliphatic carbocycles. The van der Waals surface area contributed by atoms with Gasteiger partial charge in [0.2, 0.25) is 0 Å². The highest BCUT2D eigenvalue weighted by Crippen LogP contribution is 2.54. The van der Waals surface area contributed by atoms with Crippen molar-refractivity contribution in [1.29, 1.82) is 0 Å². The molecule has 2 saturated carbocycles. The Balaban J connectivity index is 2.00. The molecule has 3 atom stereocenters. The highest BCUT2D eigenvalue weighted by atomic mass is 16.1. The zero-order valence-electron chi connectivity index (χ0n) is 7.25. The van der Waals surface area contributed by atoms with Crippen LogP contribution in [0.15, 0.2) is 11.6 Å². The minimum Gasteiger partial charge on any atom is -0.295 e. The van der Waals surface area contributed by atoms with Gasteiger partial charge in [0, 0.05) is 6.42 Å². The van der Waals surface area contributed by atoms with E-state index in [1.807, 2.05) is 6.08 Å². The normalized spacial score (nSPS) is 44.5. The summed E-state index contributed by atoms with van der Waals surface area (Å²) in [5.74, 6) is 2.97. The van der Waals surface area contributed by atoms with E-state index in [0.717, 1.165) is 30.6 Å². The maximum Gasteiger partial charge on any atom is 0.155 e. The third-order valence-corrected chi connectivity index (χ3v) is 3.97. The van der Waals surface area contributed by atoms with E-state index in [-0.39, 0.29) is 0 Å². The lowest BCUT2D eigenvalue weighted by Gasteiger charge is -2.27. The van der Waals surface area contributed by atoms with Crippen molar-refractivity contribution < 1.29 is 4.79 Å². The molecule has 0 radical (unpaired) electrons. The number of hydrogen-bond acceptors (Lipinski definition) is 1. The number of fused-ring (bicyclic) bond motifs is 5. The smallest absolute Gasteiger partial charge is 0.155 e. The van der Waals surface area contributed by atoms with Crippen LogP contribution < -0.4 is 0 Å². The quantitative estimate of drug-likeness (QED) is 0.534. The Kier molecular flexibility index (Phi) is 1.27. The van der Waals surface area contributed by atoms with E-state index in [1.165, 1.54) is 24.8 Å². The fourth-order valence-corrected chi connectivity index (χ4v) is 3.44. The van der Waals surface area contributed by atoms with E-state index in [1.54, 1.807) is 0 Å². The molecule has 0 aromatic heterocycles. The second-order valence-corrected chi connectivity index (χ2v) is 4.53. The molecule has 1 heteroatoms. The fraction of sp³-hybridized carbons (Fsp3) is 0.727. The number of hydrogen-bond donors (Lipinski definition) is 0. The standard InChI is InChI=1S/C11H14O/c12-9-3-4-10-7-1-2-8(5-7)11(10)6-9/h6-8,10H,1-5H2/t7-,8+,10+/m0/s1. The van der Waals surface area contributed by atoms with E-state index < -0.39 is 0 Å². The van der Waals surface area contributed by atoms with Crippen molar-refractivity contribution in [1.82, 2.24) is 0 Å². The molecule has 0 saturated heterocycles. The number of carbonyl (C=O) groups is 1. The zero-order valence-corrected chi connectivity index (χ0v) is 7.25. The molecule has 0 N–H and O–H groups in total. The van der Waals surface area contributed by atoms with Crippen molar-refractivity contribution in [2.24, 2.45) is 17.8 Å². The Bertz CT molecular complexity index is 264. The molecule has 2 bridgehead atoms. The van der Waals surface area contributed by atoms with Crippen LogP contribution in [0.5, 0.6) is 0 Å². The van der Waals surface area contributed by atoms with Crippen LogP contribution in [-0.4, -0.2) is 5.78 Å². The maximum atomic E-state index is 11.2. The van der Waals surface area contributed by atoms with Crippen LogP contribution in [0.1, 0.15) is 32.1 Å². The van der Waals surface area contributed by atoms with Crippen LogP contribution in [-0.2, 0) is 4.79 Å². The molecule has 3 aliphatic rings. The molecule has 0 unspecified atom stereocenters. The second-order valence-electron chi connectivity index (χ2n) is 4.53. The van der Waals surface area contributed by atoms with Gasteiger partial charge in [0.1, 0.15) is 0 Å². The third-order valence-electron chi connectivity index (χ3n) is 3.97. The van der Waals surface area contributed by atoms with Gasteiger partial charge in [-0.3, -0.25) is 4.79 Å². The first-order valence-electron chi connectivity index (χ1n) is 5.09. The van der Waals surface area contributed by atoms with Gasteiger partial charge in [0.25, 0.3) is 0 Å². The van der Waals surface area contributed by atoms with E-state index >= 15 is 0 Å². The minimum atomic E-state index is 0.383. The van der Waals surface area contributed by atoms with Crippen molar-refractivity contribution in [3.05, 3.63) is 11.6 Å².